The van der Waals surface area contributed by atoms with Gasteiger partial charge in [0.25, 0.3) is 0 Å². The second-order valence-electron chi connectivity index (χ2n) is 5.57. The van der Waals surface area contributed by atoms with Crippen molar-refractivity contribution in [3.05, 3.63) is 36.4 Å². The first kappa shape index (κ1) is 16.8. The van der Waals surface area contributed by atoms with Crippen molar-refractivity contribution < 1.29 is 14.3 Å². The third-order valence-electron chi connectivity index (χ3n) is 4.11. The van der Waals surface area contributed by atoms with Crippen LogP contribution in [0.3, 0.4) is 0 Å². The van der Waals surface area contributed by atoms with Crippen LogP contribution in [0.5, 0.6) is 5.75 Å². The normalized spacial score (nSPS) is 14.2. The number of benzene rings is 1. The molecule has 132 valence electrons. The molecule has 1 amide bonds. The third-order valence-corrected chi connectivity index (χ3v) is 4.11. The summed E-state index contributed by atoms with van der Waals surface area (Å²) in [6.07, 6.45) is -0.560. The second kappa shape index (κ2) is 7.69. The van der Waals surface area contributed by atoms with Gasteiger partial charge in [-0.1, -0.05) is 0 Å². The fraction of sp³-hybridized carbons (Fsp3) is 0.353. The van der Waals surface area contributed by atoms with Gasteiger partial charge < -0.3 is 19.3 Å². The quantitative estimate of drug-likeness (QED) is 0.909. The summed E-state index contributed by atoms with van der Waals surface area (Å²) in [7, 11) is 2.97. The first-order valence-electron chi connectivity index (χ1n) is 8.02. The zero-order valence-corrected chi connectivity index (χ0v) is 14.3. The number of rotatable bonds is 4. The standard InChI is InChI=1S/C17H21N5O3/c1-24-14-5-3-13(4-6-14)21-9-11-22(12-10-21)16-8-7-15(19-20-16)18-17(23)25-2/h3-8H,9-12H2,1-2H3,(H,18,19,23). The highest BCUT2D eigenvalue weighted by molar-refractivity contribution is 5.83. The Balaban J connectivity index is 1.57. The SMILES string of the molecule is COC(=O)Nc1ccc(N2CCN(c3ccc(OC)cc3)CC2)nn1. The monoisotopic (exact) mass is 343 g/mol. The lowest BCUT2D eigenvalue weighted by molar-refractivity contribution is 0.187. The molecule has 8 nitrogen and oxygen atoms in total. The number of carbonyl (C=O) groups is 1. The van der Waals surface area contributed by atoms with Gasteiger partial charge in [-0.15, -0.1) is 10.2 Å². The van der Waals surface area contributed by atoms with E-state index in [2.05, 4.69) is 42.2 Å². The molecule has 0 saturated carbocycles. The van der Waals surface area contributed by atoms with Crippen molar-refractivity contribution in [2.24, 2.45) is 0 Å². The lowest BCUT2D eigenvalue weighted by atomic mass is 10.2. The van der Waals surface area contributed by atoms with Gasteiger partial charge in [-0.25, -0.2) is 4.79 Å². The summed E-state index contributed by atoms with van der Waals surface area (Å²) in [4.78, 5) is 15.7. The van der Waals surface area contributed by atoms with Gasteiger partial charge in [-0.2, -0.15) is 0 Å². The Morgan fingerprint density at radius 3 is 2.20 bits per heavy atom. The van der Waals surface area contributed by atoms with Crippen LogP contribution in [0.15, 0.2) is 36.4 Å². The molecule has 0 aliphatic carbocycles. The first-order chi connectivity index (χ1) is 12.2. The number of amides is 1. The van der Waals surface area contributed by atoms with Gasteiger partial charge in [0.05, 0.1) is 14.2 Å². The molecule has 0 unspecified atom stereocenters. The van der Waals surface area contributed by atoms with Crippen LogP contribution in [-0.4, -0.2) is 56.7 Å². The van der Waals surface area contributed by atoms with Crippen LogP contribution in [-0.2, 0) is 4.74 Å². The molecule has 8 heteroatoms. The van der Waals surface area contributed by atoms with E-state index in [9.17, 15) is 4.79 Å². The number of hydrogen-bond donors (Lipinski definition) is 1. The van der Waals surface area contributed by atoms with E-state index in [1.165, 1.54) is 12.8 Å². The van der Waals surface area contributed by atoms with E-state index < -0.39 is 6.09 Å². The number of ether oxygens (including phenoxy) is 2. The molecule has 2 heterocycles. The minimum atomic E-state index is -0.560. The Morgan fingerprint density at radius 1 is 0.960 bits per heavy atom. The summed E-state index contributed by atoms with van der Waals surface area (Å²) in [5.74, 6) is 2.02. The fourth-order valence-electron chi connectivity index (χ4n) is 2.70. The van der Waals surface area contributed by atoms with Crippen molar-refractivity contribution in [1.29, 1.82) is 0 Å². The predicted molar refractivity (Wildman–Crippen MR) is 95.5 cm³/mol. The van der Waals surface area contributed by atoms with Gasteiger partial charge >= 0.3 is 6.09 Å². The van der Waals surface area contributed by atoms with E-state index in [1.807, 2.05) is 18.2 Å². The Labute approximate surface area is 146 Å². The number of hydrogen-bond acceptors (Lipinski definition) is 7. The minimum absolute atomic E-state index is 0.368. The van der Waals surface area contributed by atoms with E-state index in [0.29, 0.717) is 5.82 Å². The molecular weight excluding hydrogens is 322 g/mol. The Kier molecular flexibility index (Phi) is 5.17. The van der Waals surface area contributed by atoms with Gasteiger partial charge in [-0.3, -0.25) is 5.32 Å². The van der Waals surface area contributed by atoms with Gasteiger partial charge in [0.2, 0.25) is 0 Å². The highest BCUT2D eigenvalue weighted by Gasteiger charge is 2.19. The number of aromatic nitrogens is 2. The molecule has 0 spiro atoms. The van der Waals surface area contributed by atoms with E-state index in [4.69, 9.17) is 4.74 Å². The number of anilines is 3. The van der Waals surface area contributed by atoms with Crippen molar-refractivity contribution in [3.63, 3.8) is 0 Å². The molecule has 3 rings (SSSR count). The Morgan fingerprint density at radius 2 is 1.64 bits per heavy atom. The molecule has 1 aliphatic rings. The van der Waals surface area contributed by atoms with E-state index >= 15 is 0 Å². The van der Waals surface area contributed by atoms with E-state index in [-0.39, 0.29) is 0 Å². The second-order valence-corrected chi connectivity index (χ2v) is 5.57. The van der Waals surface area contributed by atoms with Gasteiger partial charge in [0.1, 0.15) is 5.75 Å². The number of methoxy groups -OCH3 is 2. The van der Waals surface area contributed by atoms with E-state index in [0.717, 1.165) is 37.7 Å². The van der Waals surface area contributed by atoms with Gasteiger partial charge in [-0.05, 0) is 36.4 Å². The van der Waals surface area contributed by atoms with Crippen LogP contribution in [0.25, 0.3) is 0 Å². The molecule has 2 aromatic rings. The average Bonchev–Trinajstić information content (AvgIpc) is 2.69. The maximum atomic E-state index is 11.2. The summed E-state index contributed by atoms with van der Waals surface area (Å²) in [6.45, 7) is 3.50. The molecule has 1 aromatic heterocycles. The lowest BCUT2D eigenvalue weighted by Gasteiger charge is -2.36. The summed E-state index contributed by atoms with van der Waals surface area (Å²) < 4.78 is 9.72. The zero-order valence-electron chi connectivity index (χ0n) is 14.3. The molecule has 0 radical (unpaired) electrons. The minimum Gasteiger partial charge on any atom is -0.497 e. The summed E-state index contributed by atoms with van der Waals surface area (Å²) in [5.41, 5.74) is 1.18. The molecule has 25 heavy (non-hydrogen) atoms. The van der Waals surface area contributed by atoms with E-state index in [1.54, 1.807) is 13.2 Å². The van der Waals surface area contributed by atoms with Gasteiger partial charge in [0, 0.05) is 31.9 Å². The summed E-state index contributed by atoms with van der Waals surface area (Å²) >= 11 is 0. The van der Waals surface area contributed by atoms with Gasteiger partial charge in [0.15, 0.2) is 11.6 Å². The van der Waals surface area contributed by atoms with Crippen LogP contribution >= 0.6 is 0 Å². The average molecular weight is 343 g/mol. The number of nitrogens with zero attached hydrogens (tertiary/aromatic N) is 4. The molecule has 0 bridgehead atoms. The lowest BCUT2D eigenvalue weighted by Crippen LogP contribution is -2.46. The number of nitrogens with one attached hydrogen (secondary N) is 1. The first-order valence-corrected chi connectivity index (χ1v) is 8.02. The molecule has 1 aliphatic heterocycles. The van der Waals surface area contributed by atoms with Crippen LogP contribution in [0.4, 0.5) is 22.1 Å². The van der Waals surface area contributed by atoms with Crippen LogP contribution in [0.1, 0.15) is 0 Å². The van der Waals surface area contributed by atoms with Crippen molar-refractivity contribution >= 4 is 23.4 Å². The topological polar surface area (TPSA) is 79.8 Å². The predicted octanol–water partition coefficient (Wildman–Crippen LogP) is 1.99. The Bertz CT molecular complexity index is 697. The Hall–Kier alpha value is -3.03. The zero-order chi connectivity index (χ0) is 17.6. The maximum absolute atomic E-state index is 11.2. The fourth-order valence-corrected chi connectivity index (χ4v) is 2.70. The molecule has 0 atom stereocenters. The van der Waals surface area contributed by atoms with Crippen molar-refractivity contribution in [2.75, 3.05) is 55.5 Å². The summed E-state index contributed by atoms with van der Waals surface area (Å²) in [5, 5.41) is 10.7. The molecular formula is C17H21N5O3. The summed E-state index contributed by atoms with van der Waals surface area (Å²) in [6, 6.07) is 11.7. The van der Waals surface area contributed by atoms with Crippen molar-refractivity contribution in [2.45, 2.75) is 0 Å². The van der Waals surface area contributed by atoms with Crippen molar-refractivity contribution in [1.82, 2.24) is 10.2 Å². The highest BCUT2D eigenvalue weighted by atomic mass is 16.5. The molecule has 1 fully saturated rings. The van der Waals surface area contributed by atoms with Crippen LogP contribution < -0.4 is 19.9 Å². The largest absolute Gasteiger partial charge is 0.497 e. The number of carbonyl (C=O) groups excluding carboxylic acids is 1. The third kappa shape index (κ3) is 4.09. The van der Waals surface area contributed by atoms with Crippen LogP contribution in [0.2, 0.25) is 0 Å². The molecule has 1 aromatic carbocycles. The molecule has 1 saturated heterocycles. The number of piperazine rings is 1. The van der Waals surface area contributed by atoms with Crippen LogP contribution in [0, 0.1) is 0 Å². The smallest absolute Gasteiger partial charge is 0.412 e. The highest BCUT2D eigenvalue weighted by Crippen LogP contribution is 2.22. The van der Waals surface area contributed by atoms with Crippen molar-refractivity contribution in [3.8, 4) is 5.75 Å². The molecule has 1 N–H and O–H groups in total. The maximum Gasteiger partial charge on any atom is 0.412 e.